The molecule has 1 saturated heterocycles. The van der Waals surface area contributed by atoms with E-state index in [2.05, 4.69) is 40.3 Å². The molecule has 0 bridgehead atoms. The van der Waals surface area contributed by atoms with Gasteiger partial charge >= 0.3 is 0 Å². The van der Waals surface area contributed by atoms with Crippen LogP contribution in [0, 0.1) is 5.92 Å². The first-order valence-corrected chi connectivity index (χ1v) is 6.57. The van der Waals surface area contributed by atoms with Crippen LogP contribution in [-0.2, 0) is 6.42 Å². The molecule has 1 aliphatic heterocycles. The second kappa shape index (κ2) is 4.86. The molecule has 88 valence electrons. The maximum absolute atomic E-state index is 10.6. The third-order valence-electron chi connectivity index (χ3n) is 3.53. The van der Waals surface area contributed by atoms with Crippen molar-refractivity contribution < 1.29 is 5.11 Å². The zero-order valence-corrected chi connectivity index (χ0v) is 11.1. The van der Waals surface area contributed by atoms with Crippen LogP contribution in [0.2, 0.25) is 0 Å². The molecule has 2 N–H and O–H groups in total. The maximum atomic E-state index is 10.6. The Labute approximate surface area is 105 Å². The molecule has 0 aromatic heterocycles. The van der Waals surface area contributed by atoms with Gasteiger partial charge in [0.2, 0.25) is 0 Å². The molecule has 3 heteroatoms. The highest BCUT2D eigenvalue weighted by Crippen LogP contribution is 2.28. The maximum Gasteiger partial charge on any atom is 0.0737 e. The van der Waals surface area contributed by atoms with Gasteiger partial charge in [-0.3, -0.25) is 0 Å². The minimum absolute atomic E-state index is 0.310. The first kappa shape index (κ1) is 12.1. The summed E-state index contributed by atoms with van der Waals surface area (Å²) in [6, 6.07) is 8.22. The summed E-state index contributed by atoms with van der Waals surface area (Å²) in [5.41, 5.74) is 0.665. The van der Waals surface area contributed by atoms with Crippen LogP contribution in [0.4, 0.5) is 0 Å². The SMILES string of the molecule is CC1CNCCC1(O)Cc1ccc(Br)cc1. The Balaban J connectivity index is 2.10. The average molecular weight is 284 g/mol. The lowest BCUT2D eigenvalue weighted by Gasteiger charge is -2.38. The number of piperidine rings is 1. The highest BCUT2D eigenvalue weighted by Gasteiger charge is 2.35. The largest absolute Gasteiger partial charge is 0.389 e. The summed E-state index contributed by atoms with van der Waals surface area (Å²) in [5.74, 6) is 0.310. The Hall–Kier alpha value is -0.380. The van der Waals surface area contributed by atoms with Crippen LogP contribution in [-0.4, -0.2) is 23.8 Å². The number of halogens is 1. The number of rotatable bonds is 2. The summed E-state index contributed by atoms with van der Waals surface area (Å²) < 4.78 is 1.08. The zero-order valence-electron chi connectivity index (χ0n) is 9.54. The van der Waals surface area contributed by atoms with Crippen LogP contribution in [0.1, 0.15) is 18.9 Å². The van der Waals surface area contributed by atoms with Gasteiger partial charge in [0.05, 0.1) is 5.60 Å². The molecule has 16 heavy (non-hydrogen) atoms. The molecule has 2 unspecified atom stereocenters. The Kier molecular flexibility index (Phi) is 3.67. The van der Waals surface area contributed by atoms with Crippen LogP contribution in [0.15, 0.2) is 28.7 Å². The molecule has 2 rings (SSSR count). The Morgan fingerprint density at radius 1 is 1.44 bits per heavy atom. The number of nitrogens with one attached hydrogen (secondary N) is 1. The molecule has 1 aromatic carbocycles. The number of aliphatic hydroxyl groups is 1. The molecule has 0 radical (unpaired) electrons. The molecule has 1 aromatic rings. The lowest BCUT2D eigenvalue weighted by Crippen LogP contribution is -2.50. The van der Waals surface area contributed by atoms with Gasteiger partial charge in [-0.05, 0) is 36.6 Å². The van der Waals surface area contributed by atoms with Gasteiger partial charge in [-0.1, -0.05) is 35.0 Å². The molecule has 0 aliphatic carbocycles. The van der Waals surface area contributed by atoms with Crippen LogP contribution >= 0.6 is 15.9 Å². The van der Waals surface area contributed by atoms with Crippen molar-refractivity contribution in [1.29, 1.82) is 0 Å². The molecule has 1 aliphatic rings. The van der Waals surface area contributed by atoms with E-state index in [0.717, 1.165) is 30.4 Å². The molecule has 0 spiro atoms. The van der Waals surface area contributed by atoms with E-state index >= 15 is 0 Å². The molecule has 2 nitrogen and oxygen atoms in total. The summed E-state index contributed by atoms with van der Waals surface area (Å²) in [7, 11) is 0. The Bertz CT molecular complexity index is 351. The van der Waals surface area contributed by atoms with E-state index in [1.54, 1.807) is 0 Å². The second-order valence-corrected chi connectivity index (χ2v) is 5.68. The Morgan fingerprint density at radius 3 is 2.75 bits per heavy atom. The van der Waals surface area contributed by atoms with Crippen LogP contribution < -0.4 is 5.32 Å². The van der Waals surface area contributed by atoms with Crippen molar-refractivity contribution in [2.45, 2.75) is 25.4 Å². The first-order valence-electron chi connectivity index (χ1n) is 5.78. The number of benzene rings is 1. The third kappa shape index (κ3) is 2.65. The summed E-state index contributed by atoms with van der Waals surface area (Å²) in [6.07, 6.45) is 1.59. The van der Waals surface area contributed by atoms with Gasteiger partial charge in [-0.25, -0.2) is 0 Å². The van der Waals surface area contributed by atoms with Crippen LogP contribution in [0.25, 0.3) is 0 Å². The molecule has 1 heterocycles. The predicted octanol–water partition coefficient (Wildman–Crippen LogP) is 2.35. The lowest BCUT2D eigenvalue weighted by molar-refractivity contribution is -0.0329. The molecular weight excluding hydrogens is 266 g/mol. The summed E-state index contributed by atoms with van der Waals surface area (Å²) in [5, 5.41) is 13.9. The fourth-order valence-electron chi connectivity index (χ4n) is 2.28. The highest BCUT2D eigenvalue weighted by molar-refractivity contribution is 9.10. The molecular formula is C13H18BrNO. The number of hydrogen-bond acceptors (Lipinski definition) is 2. The summed E-state index contributed by atoms with van der Waals surface area (Å²) in [4.78, 5) is 0. The highest BCUT2D eigenvalue weighted by atomic mass is 79.9. The third-order valence-corrected chi connectivity index (χ3v) is 4.05. The van der Waals surface area contributed by atoms with E-state index in [9.17, 15) is 5.11 Å². The van der Waals surface area contributed by atoms with Crippen molar-refractivity contribution in [3.8, 4) is 0 Å². The van der Waals surface area contributed by atoms with Gasteiger partial charge in [0, 0.05) is 17.4 Å². The quantitative estimate of drug-likeness (QED) is 0.873. The van der Waals surface area contributed by atoms with Gasteiger partial charge in [-0.2, -0.15) is 0 Å². The molecule has 0 amide bonds. The fourth-order valence-corrected chi connectivity index (χ4v) is 2.54. The summed E-state index contributed by atoms with van der Waals surface area (Å²) in [6.45, 7) is 3.94. The predicted molar refractivity (Wildman–Crippen MR) is 69.4 cm³/mol. The normalized spacial score (nSPS) is 30.3. The molecule has 2 atom stereocenters. The minimum atomic E-state index is -0.543. The first-order chi connectivity index (χ1) is 7.60. The van der Waals surface area contributed by atoms with Crippen molar-refractivity contribution in [1.82, 2.24) is 5.32 Å². The van der Waals surface area contributed by atoms with Crippen LogP contribution in [0.5, 0.6) is 0 Å². The van der Waals surface area contributed by atoms with Gasteiger partial charge in [0.25, 0.3) is 0 Å². The molecule has 1 fully saturated rings. The standard InChI is InChI=1S/C13H18BrNO/c1-10-9-15-7-6-13(10,16)8-11-2-4-12(14)5-3-11/h2-5,10,15-16H,6-9H2,1H3. The Morgan fingerprint density at radius 2 is 2.12 bits per heavy atom. The smallest absolute Gasteiger partial charge is 0.0737 e. The monoisotopic (exact) mass is 283 g/mol. The van der Waals surface area contributed by atoms with Crippen molar-refractivity contribution in [3.63, 3.8) is 0 Å². The van der Waals surface area contributed by atoms with Gasteiger partial charge in [-0.15, -0.1) is 0 Å². The van der Waals surface area contributed by atoms with Gasteiger partial charge in [0.1, 0.15) is 0 Å². The minimum Gasteiger partial charge on any atom is -0.389 e. The van der Waals surface area contributed by atoms with E-state index in [4.69, 9.17) is 0 Å². The van der Waals surface area contributed by atoms with Crippen molar-refractivity contribution in [3.05, 3.63) is 34.3 Å². The molecule has 0 saturated carbocycles. The van der Waals surface area contributed by atoms with E-state index in [1.165, 1.54) is 5.56 Å². The van der Waals surface area contributed by atoms with Crippen LogP contribution in [0.3, 0.4) is 0 Å². The van der Waals surface area contributed by atoms with Gasteiger partial charge < -0.3 is 10.4 Å². The fraction of sp³-hybridized carbons (Fsp3) is 0.538. The van der Waals surface area contributed by atoms with E-state index in [0.29, 0.717) is 5.92 Å². The van der Waals surface area contributed by atoms with Gasteiger partial charge in [0.15, 0.2) is 0 Å². The van der Waals surface area contributed by atoms with Crippen molar-refractivity contribution in [2.24, 2.45) is 5.92 Å². The van der Waals surface area contributed by atoms with Crippen molar-refractivity contribution in [2.75, 3.05) is 13.1 Å². The zero-order chi connectivity index (χ0) is 11.6. The topological polar surface area (TPSA) is 32.3 Å². The van der Waals surface area contributed by atoms with E-state index < -0.39 is 5.60 Å². The van der Waals surface area contributed by atoms with E-state index in [-0.39, 0.29) is 0 Å². The lowest BCUT2D eigenvalue weighted by atomic mass is 9.78. The summed E-state index contributed by atoms with van der Waals surface area (Å²) >= 11 is 3.42. The van der Waals surface area contributed by atoms with E-state index in [1.807, 2.05) is 12.1 Å². The second-order valence-electron chi connectivity index (χ2n) is 4.76. The number of hydrogen-bond donors (Lipinski definition) is 2. The average Bonchev–Trinajstić information content (AvgIpc) is 2.26. The van der Waals surface area contributed by atoms with Crippen molar-refractivity contribution >= 4 is 15.9 Å².